The van der Waals surface area contributed by atoms with E-state index in [0.29, 0.717) is 18.1 Å². The molecule has 5 aromatic rings. The van der Waals surface area contributed by atoms with E-state index in [2.05, 4.69) is 26.8 Å². The van der Waals surface area contributed by atoms with Crippen LogP contribution in [0.2, 0.25) is 0 Å². The predicted octanol–water partition coefficient (Wildman–Crippen LogP) is 5.76. The van der Waals surface area contributed by atoms with Crippen molar-refractivity contribution in [3.05, 3.63) is 120 Å². The van der Waals surface area contributed by atoms with Gasteiger partial charge in [-0.05, 0) is 53.4 Å². The summed E-state index contributed by atoms with van der Waals surface area (Å²) in [6.07, 6.45) is 2.09. The molecule has 1 aromatic heterocycles. The summed E-state index contributed by atoms with van der Waals surface area (Å²) in [6.45, 7) is 4.97. The first-order valence-electron chi connectivity index (χ1n) is 15.0. The molecule has 0 fully saturated rings. The lowest BCUT2D eigenvalue weighted by atomic mass is 9.98. The predicted molar refractivity (Wildman–Crippen MR) is 176 cm³/mol. The SMILES string of the molecule is Cc1noc([C@@H](Cc2ccc3ccccc3c2)N(C)C(=O)[C@@H](Cc2ccc3ccccc3c2)NC(=O)C=CC(C)(C)NC(=O)O)n1. The van der Waals surface area contributed by atoms with Crippen LogP contribution in [-0.2, 0) is 22.4 Å². The van der Waals surface area contributed by atoms with E-state index in [4.69, 9.17) is 9.63 Å². The van der Waals surface area contributed by atoms with Crippen molar-refractivity contribution in [2.75, 3.05) is 7.05 Å². The van der Waals surface area contributed by atoms with Gasteiger partial charge in [0.05, 0.1) is 5.54 Å². The minimum absolute atomic E-state index is 0.218. The molecule has 0 bridgehead atoms. The van der Waals surface area contributed by atoms with Gasteiger partial charge in [0.25, 0.3) is 0 Å². The Hall–Kier alpha value is -5.51. The number of likely N-dealkylation sites (N-methyl/N-ethyl adjacent to an activating group) is 1. The molecule has 0 saturated carbocycles. The van der Waals surface area contributed by atoms with Crippen LogP contribution in [0.4, 0.5) is 4.79 Å². The van der Waals surface area contributed by atoms with E-state index >= 15 is 0 Å². The molecule has 0 aliphatic rings. The Labute approximate surface area is 267 Å². The van der Waals surface area contributed by atoms with Gasteiger partial charge in [0, 0.05) is 26.0 Å². The lowest BCUT2D eigenvalue weighted by Gasteiger charge is -2.30. The summed E-state index contributed by atoms with van der Waals surface area (Å²) in [5.74, 6) is -0.145. The quantitative estimate of drug-likeness (QED) is 0.160. The van der Waals surface area contributed by atoms with Gasteiger partial charge in [0.15, 0.2) is 5.82 Å². The van der Waals surface area contributed by atoms with Crippen molar-refractivity contribution in [3.8, 4) is 0 Å². The average molecular weight is 620 g/mol. The van der Waals surface area contributed by atoms with Gasteiger partial charge in [-0.15, -0.1) is 0 Å². The van der Waals surface area contributed by atoms with E-state index in [1.54, 1.807) is 32.7 Å². The van der Waals surface area contributed by atoms with E-state index in [9.17, 15) is 14.4 Å². The second-order valence-corrected chi connectivity index (χ2v) is 12.0. The van der Waals surface area contributed by atoms with Gasteiger partial charge < -0.3 is 25.2 Å². The molecule has 0 aliphatic heterocycles. The van der Waals surface area contributed by atoms with Crippen molar-refractivity contribution in [2.45, 2.75) is 51.2 Å². The number of amides is 3. The lowest BCUT2D eigenvalue weighted by molar-refractivity contribution is -0.137. The first-order valence-corrected chi connectivity index (χ1v) is 15.0. The molecular formula is C36H37N5O5. The van der Waals surface area contributed by atoms with Crippen molar-refractivity contribution in [1.82, 2.24) is 25.7 Å². The number of fused-ring (bicyclic) bond motifs is 2. The van der Waals surface area contributed by atoms with Gasteiger partial charge in [-0.2, -0.15) is 4.98 Å². The van der Waals surface area contributed by atoms with Gasteiger partial charge in [-0.1, -0.05) is 96.2 Å². The molecule has 2 atom stereocenters. The molecule has 1 heterocycles. The molecule has 46 heavy (non-hydrogen) atoms. The fourth-order valence-electron chi connectivity index (χ4n) is 5.45. The van der Waals surface area contributed by atoms with Crippen LogP contribution in [0.5, 0.6) is 0 Å². The number of carboxylic acid groups (broad SMARTS) is 1. The molecule has 0 aliphatic carbocycles. The minimum Gasteiger partial charge on any atom is -0.465 e. The fourth-order valence-corrected chi connectivity index (χ4v) is 5.45. The van der Waals surface area contributed by atoms with Gasteiger partial charge >= 0.3 is 6.09 Å². The van der Waals surface area contributed by atoms with Gasteiger partial charge in [0.1, 0.15) is 12.1 Å². The molecular weight excluding hydrogens is 582 g/mol. The normalized spacial score (nSPS) is 13.0. The number of rotatable bonds is 11. The van der Waals surface area contributed by atoms with E-state index in [1.807, 2.05) is 78.9 Å². The third kappa shape index (κ3) is 7.95. The minimum atomic E-state index is -1.21. The number of nitrogens with zero attached hydrogens (tertiary/aromatic N) is 3. The molecule has 0 saturated heterocycles. The van der Waals surface area contributed by atoms with Crippen LogP contribution in [0, 0.1) is 6.92 Å². The van der Waals surface area contributed by atoms with Crippen LogP contribution in [0.25, 0.3) is 21.5 Å². The summed E-state index contributed by atoms with van der Waals surface area (Å²) in [4.78, 5) is 44.7. The molecule has 3 amide bonds. The van der Waals surface area contributed by atoms with Crippen molar-refractivity contribution in [2.24, 2.45) is 0 Å². The van der Waals surface area contributed by atoms with Crippen LogP contribution < -0.4 is 10.6 Å². The smallest absolute Gasteiger partial charge is 0.405 e. The number of nitrogens with one attached hydrogen (secondary N) is 2. The largest absolute Gasteiger partial charge is 0.465 e. The lowest BCUT2D eigenvalue weighted by Crippen LogP contribution is -2.49. The van der Waals surface area contributed by atoms with Crippen LogP contribution in [0.1, 0.15) is 42.7 Å². The summed E-state index contributed by atoms with van der Waals surface area (Å²) in [6, 6.07) is 26.5. The fraction of sp³-hybridized carbons (Fsp3) is 0.250. The highest BCUT2D eigenvalue weighted by molar-refractivity contribution is 5.93. The number of aryl methyl sites for hydroxylation is 1. The summed E-state index contributed by atoms with van der Waals surface area (Å²) in [5, 5.41) is 22.6. The number of aromatic nitrogens is 2. The second kappa shape index (κ2) is 13.6. The monoisotopic (exact) mass is 619 g/mol. The molecule has 3 N–H and O–H groups in total. The Bertz CT molecular complexity index is 1910. The van der Waals surface area contributed by atoms with Crippen LogP contribution in [0.3, 0.4) is 0 Å². The third-order valence-corrected chi connectivity index (χ3v) is 7.84. The van der Waals surface area contributed by atoms with Gasteiger partial charge in [-0.3, -0.25) is 9.59 Å². The summed E-state index contributed by atoms with van der Waals surface area (Å²) >= 11 is 0. The molecule has 5 rings (SSSR count). The zero-order valence-electron chi connectivity index (χ0n) is 26.2. The van der Waals surface area contributed by atoms with E-state index in [0.717, 1.165) is 32.7 Å². The van der Waals surface area contributed by atoms with E-state index in [1.165, 1.54) is 12.2 Å². The molecule has 236 valence electrons. The molecule has 10 nitrogen and oxygen atoms in total. The summed E-state index contributed by atoms with van der Waals surface area (Å²) < 4.78 is 5.58. The molecule has 0 unspecified atom stereocenters. The molecule has 0 spiro atoms. The highest BCUT2D eigenvalue weighted by Gasteiger charge is 2.32. The number of carbonyl (C=O) groups is 3. The second-order valence-electron chi connectivity index (χ2n) is 12.0. The van der Waals surface area contributed by atoms with Crippen molar-refractivity contribution < 1.29 is 24.0 Å². The Morgan fingerprint density at radius 2 is 1.46 bits per heavy atom. The maximum Gasteiger partial charge on any atom is 0.405 e. The average Bonchev–Trinajstić information content (AvgIpc) is 3.46. The van der Waals surface area contributed by atoms with Crippen molar-refractivity contribution in [1.29, 1.82) is 0 Å². The molecule has 0 radical (unpaired) electrons. The molecule has 10 heteroatoms. The first kappa shape index (κ1) is 31.9. The van der Waals surface area contributed by atoms with Crippen LogP contribution in [-0.4, -0.2) is 56.7 Å². The number of hydrogen-bond acceptors (Lipinski definition) is 6. The Morgan fingerprint density at radius 3 is 2.00 bits per heavy atom. The zero-order chi connectivity index (χ0) is 32.8. The van der Waals surface area contributed by atoms with Gasteiger partial charge in [0.2, 0.25) is 17.7 Å². The molecule has 4 aromatic carbocycles. The first-order chi connectivity index (χ1) is 22.0. The Morgan fingerprint density at radius 1 is 0.891 bits per heavy atom. The van der Waals surface area contributed by atoms with E-state index < -0.39 is 29.6 Å². The van der Waals surface area contributed by atoms with Crippen LogP contribution in [0.15, 0.2) is 102 Å². The number of hydrogen-bond donors (Lipinski definition) is 3. The summed E-state index contributed by atoms with van der Waals surface area (Å²) in [7, 11) is 1.67. The number of benzene rings is 4. The Kier molecular flexibility index (Phi) is 9.46. The highest BCUT2D eigenvalue weighted by Crippen LogP contribution is 2.27. The van der Waals surface area contributed by atoms with Gasteiger partial charge in [-0.25, -0.2) is 4.79 Å². The van der Waals surface area contributed by atoms with E-state index in [-0.39, 0.29) is 12.3 Å². The van der Waals surface area contributed by atoms with Crippen LogP contribution >= 0.6 is 0 Å². The highest BCUT2D eigenvalue weighted by atomic mass is 16.5. The topological polar surface area (TPSA) is 138 Å². The standard InChI is InChI=1S/C36H37N5O5/c1-23-37-33(46-40-23)31(22-25-14-16-27-10-6-8-12-29(27)20-25)41(4)34(43)30(38-32(42)17-18-36(2,3)39-35(44)45)21-24-13-15-26-9-5-7-11-28(26)19-24/h5-20,30-31,39H,21-22H2,1-4H3,(H,38,42)(H,44,45)/t30-,31-/m1/s1. The van der Waals surface area contributed by atoms with Crippen molar-refractivity contribution >= 4 is 39.5 Å². The zero-order valence-corrected chi connectivity index (χ0v) is 26.2. The van der Waals surface area contributed by atoms with Crippen molar-refractivity contribution in [3.63, 3.8) is 0 Å². The number of carbonyl (C=O) groups excluding carboxylic acids is 2. The Balaban J connectivity index is 1.45. The maximum atomic E-state index is 14.3. The summed E-state index contributed by atoms with van der Waals surface area (Å²) in [5.41, 5.74) is 0.839. The third-order valence-electron chi connectivity index (χ3n) is 7.84. The maximum absolute atomic E-state index is 14.3.